The average molecular weight is 205 g/mol. The molecule has 0 heterocycles. The Balaban J connectivity index is 3.25. The van der Waals surface area contributed by atoms with E-state index in [1.54, 1.807) is 19.9 Å². The highest BCUT2D eigenvalue weighted by Gasteiger charge is 2.21. The number of nitro groups is 1. The second kappa shape index (κ2) is 3.62. The molecule has 0 radical (unpaired) electrons. The van der Waals surface area contributed by atoms with Crippen molar-refractivity contribution in [3.8, 4) is 18.1 Å². The van der Waals surface area contributed by atoms with Crippen LogP contribution in [0.15, 0.2) is 18.2 Å². The van der Waals surface area contributed by atoms with E-state index in [1.165, 1.54) is 12.1 Å². The predicted molar refractivity (Wildman–Crippen MR) is 56.6 cm³/mol. The van der Waals surface area contributed by atoms with Crippen LogP contribution in [0.1, 0.15) is 19.4 Å². The third-order valence-corrected chi connectivity index (χ3v) is 2.25. The zero-order valence-corrected chi connectivity index (χ0v) is 8.52. The molecule has 1 aromatic carbocycles. The monoisotopic (exact) mass is 205 g/mol. The summed E-state index contributed by atoms with van der Waals surface area (Å²) in [6.45, 7) is 3.60. The molecule has 0 spiro atoms. The lowest BCUT2D eigenvalue weighted by atomic mass is 9.85. The van der Waals surface area contributed by atoms with Crippen molar-refractivity contribution in [1.82, 2.24) is 0 Å². The van der Waals surface area contributed by atoms with Gasteiger partial charge in [-0.05, 0) is 25.5 Å². The van der Waals surface area contributed by atoms with Gasteiger partial charge in [-0.25, -0.2) is 0 Å². The van der Waals surface area contributed by atoms with Gasteiger partial charge in [0.2, 0.25) is 0 Å². The van der Waals surface area contributed by atoms with Crippen LogP contribution in [0.5, 0.6) is 5.75 Å². The molecule has 4 nitrogen and oxygen atoms in total. The van der Waals surface area contributed by atoms with Gasteiger partial charge in [-0.1, -0.05) is 12.0 Å². The van der Waals surface area contributed by atoms with Gasteiger partial charge in [0.1, 0.15) is 0 Å². The Morgan fingerprint density at radius 3 is 2.53 bits per heavy atom. The maximum Gasteiger partial charge on any atom is 0.310 e. The first-order valence-corrected chi connectivity index (χ1v) is 4.34. The van der Waals surface area contributed by atoms with Crippen LogP contribution in [0, 0.1) is 22.5 Å². The van der Waals surface area contributed by atoms with Gasteiger partial charge in [0.25, 0.3) is 0 Å². The van der Waals surface area contributed by atoms with E-state index in [-0.39, 0.29) is 11.4 Å². The summed E-state index contributed by atoms with van der Waals surface area (Å²) in [7, 11) is 0. The molecule has 1 N–H and O–H groups in total. The SMILES string of the molecule is C#CC(C)(C)c1ccc([N+](=O)[O-])c(O)c1. The summed E-state index contributed by atoms with van der Waals surface area (Å²) < 4.78 is 0. The van der Waals surface area contributed by atoms with E-state index in [9.17, 15) is 15.2 Å². The van der Waals surface area contributed by atoms with Crippen LogP contribution < -0.4 is 0 Å². The van der Waals surface area contributed by atoms with Crippen molar-refractivity contribution in [2.45, 2.75) is 19.3 Å². The van der Waals surface area contributed by atoms with E-state index in [2.05, 4.69) is 5.92 Å². The molecule has 0 aromatic heterocycles. The van der Waals surface area contributed by atoms with E-state index < -0.39 is 10.3 Å². The first-order chi connectivity index (χ1) is 6.88. The van der Waals surface area contributed by atoms with Crippen LogP contribution in [0.3, 0.4) is 0 Å². The van der Waals surface area contributed by atoms with Crippen LogP contribution in [0.2, 0.25) is 0 Å². The highest BCUT2D eigenvalue weighted by molar-refractivity contribution is 5.50. The molecule has 1 aromatic rings. The highest BCUT2D eigenvalue weighted by atomic mass is 16.6. The number of benzene rings is 1. The smallest absolute Gasteiger partial charge is 0.310 e. The van der Waals surface area contributed by atoms with Gasteiger partial charge >= 0.3 is 5.69 Å². The highest BCUT2D eigenvalue weighted by Crippen LogP contribution is 2.31. The number of rotatable bonds is 2. The molecular weight excluding hydrogens is 194 g/mol. The minimum absolute atomic E-state index is 0.313. The second-order valence-electron chi connectivity index (χ2n) is 3.73. The number of hydrogen-bond acceptors (Lipinski definition) is 3. The van der Waals surface area contributed by atoms with Crippen molar-refractivity contribution < 1.29 is 10.0 Å². The van der Waals surface area contributed by atoms with E-state index in [0.29, 0.717) is 5.56 Å². The molecule has 1 rings (SSSR count). The van der Waals surface area contributed by atoms with Crippen molar-refractivity contribution >= 4 is 5.69 Å². The Hall–Kier alpha value is -2.02. The normalized spacial score (nSPS) is 10.7. The zero-order chi connectivity index (χ0) is 11.6. The first kappa shape index (κ1) is 11.1. The third kappa shape index (κ3) is 2.08. The number of nitrogens with zero attached hydrogens (tertiary/aromatic N) is 1. The van der Waals surface area contributed by atoms with Crippen molar-refractivity contribution in [3.05, 3.63) is 33.9 Å². The zero-order valence-electron chi connectivity index (χ0n) is 8.52. The van der Waals surface area contributed by atoms with Gasteiger partial charge in [0, 0.05) is 6.07 Å². The quantitative estimate of drug-likeness (QED) is 0.457. The maximum absolute atomic E-state index is 10.5. The Kier molecular flexibility index (Phi) is 2.67. The van der Waals surface area contributed by atoms with E-state index >= 15 is 0 Å². The Labute approximate surface area is 87.7 Å². The van der Waals surface area contributed by atoms with Crippen molar-refractivity contribution in [1.29, 1.82) is 0 Å². The van der Waals surface area contributed by atoms with Gasteiger partial charge in [-0.2, -0.15) is 0 Å². The summed E-state index contributed by atoms with van der Waals surface area (Å²) in [5.74, 6) is 2.19. The molecule has 0 aliphatic rings. The van der Waals surface area contributed by atoms with Crippen molar-refractivity contribution in [3.63, 3.8) is 0 Å². The molecule has 15 heavy (non-hydrogen) atoms. The summed E-state index contributed by atoms with van der Waals surface area (Å²) in [5.41, 5.74) is -0.188. The Morgan fingerprint density at radius 1 is 1.53 bits per heavy atom. The molecule has 0 aliphatic heterocycles. The summed E-state index contributed by atoms with van der Waals surface area (Å²) >= 11 is 0. The minimum atomic E-state index is -0.637. The van der Waals surface area contributed by atoms with Crippen molar-refractivity contribution in [2.75, 3.05) is 0 Å². The summed E-state index contributed by atoms with van der Waals surface area (Å²) in [6.07, 6.45) is 5.32. The first-order valence-electron chi connectivity index (χ1n) is 4.34. The summed E-state index contributed by atoms with van der Waals surface area (Å²) in [5, 5.41) is 19.9. The Morgan fingerprint density at radius 2 is 2.13 bits per heavy atom. The minimum Gasteiger partial charge on any atom is -0.502 e. The molecule has 4 heteroatoms. The van der Waals surface area contributed by atoms with E-state index in [4.69, 9.17) is 6.42 Å². The van der Waals surface area contributed by atoms with Crippen LogP contribution in [-0.2, 0) is 5.41 Å². The number of terminal acetylenes is 1. The van der Waals surface area contributed by atoms with Gasteiger partial charge in [-0.15, -0.1) is 6.42 Å². The summed E-state index contributed by atoms with van der Waals surface area (Å²) in [4.78, 5) is 9.82. The molecule has 0 unspecified atom stereocenters. The number of phenols is 1. The van der Waals surface area contributed by atoms with Crippen LogP contribution in [-0.4, -0.2) is 10.0 Å². The predicted octanol–water partition coefficient (Wildman–Crippen LogP) is 2.21. The molecule has 0 saturated heterocycles. The lowest BCUT2D eigenvalue weighted by molar-refractivity contribution is -0.385. The third-order valence-electron chi connectivity index (χ3n) is 2.25. The van der Waals surface area contributed by atoms with E-state index in [0.717, 1.165) is 0 Å². The topological polar surface area (TPSA) is 63.4 Å². The molecule has 0 amide bonds. The van der Waals surface area contributed by atoms with E-state index in [1.807, 2.05) is 0 Å². The van der Waals surface area contributed by atoms with Crippen LogP contribution in [0.25, 0.3) is 0 Å². The average Bonchev–Trinajstić information content (AvgIpc) is 2.17. The lowest BCUT2D eigenvalue weighted by Crippen LogP contribution is -2.13. The molecule has 78 valence electrons. The largest absolute Gasteiger partial charge is 0.502 e. The fourth-order valence-electron chi connectivity index (χ4n) is 1.15. The van der Waals surface area contributed by atoms with Gasteiger partial charge in [0.15, 0.2) is 5.75 Å². The second-order valence-corrected chi connectivity index (χ2v) is 3.73. The molecule has 0 atom stereocenters. The van der Waals surface area contributed by atoms with Crippen LogP contribution in [0.4, 0.5) is 5.69 Å². The summed E-state index contributed by atoms with van der Waals surface area (Å²) in [6, 6.07) is 4.14. The molecule has 0 saturated carbocycles. The fraction of sp³-hybridized carbons (Fsp3) is 0.273. The molecule has 0 bridgehead atoms. The number of nitro benzene ring substituents is 1. The Bertz CT molecular complexity index is 444. The van der Waals surface area contributed by atoms with Gasteiger partial charge in [-0.3, -0.25) is 10.1 Å². The molecule has 0 fully saturated rings. The molecular formula is C11H11NO3. The lowest BCUT2D eigenvalue weighted by Gasteiger charge is -2.17. The maximum atomic E-state index is 10.5. The van der Waals surface area contributed by atoms with Crippen LogP contribution >= 0.6 is 0 Å². The standard InChI is InChI=1S/C11H11NO3/c1-4-11(2,3)8-5-6-9(12(14)15)10(13)7-8/h1,5-7,13H,2-3H3. The number of phenolic OH excluding ortho intramolecular Hbond substituents is 1. The van der Waals surface area contributed by atoms with Crippen molar-refractivity contribution in [2.24, 2.45) is 0 Å². The van der Waals surface area contributed by atoms with Gasteiger partial charge < -0.3 is 5.11 Å². The fourth-order valence-corrected chi connectivity index (χ4v) is 1.15. The number of hydrogen-bond donors (Lipinski definition) is 1. The molecule has 0 aliphatic carbocycles. The van der Waals surface area contributed by atoms with Gasteiger partial charge in [0.05, 0.1) is 10.3 Å². The number of aromatic hydroxyl groups is 1.